The minimum Gasteiger partial charge on any atom is -0.465 e. The van der Waals surface area contributed by atoms with E-state index >= 15 is 0 Å². The molecule has 1 atom stereocenters. The van der Waals surface area contributed by atoms with Gasteiger partial charge >= 0.3 is 0 Å². The minimum atomic E-state index is 0.564. The fourth-order valence-electron chi connectivity index (χ4n) is 1.36. The summed E-state index contributed by atoms with van der Waals surface area (Å²) in [5.41, 5.74) is 0. The average molecular weight is 227 g/mol. The highest BCUT2D eigenvalue weighted by atomic mass is 32.2. The molecule has 1 rings (SSSR count). The molecule has 0 radical (unpaired) electrons. The standard InChI is InChI=1S/C12H21NOS/c1-4-15-8-7-10(2)13-9-12-6-5-11(3)14-12/h5-6,10,13H,4,7-9H2,1-3H3. The molecule has 1 aromatic heterocycles. The van der Waals surface area contributed by atoms with Crippen LogP contribution in [0.1, 0.15) is 31.8 Å². The molecule has 1 aromatic rings. The molecule has 86 valence electrons. The fraction of sp³-hybridized carbons (Fsp3) is 0.667. The van der Waals surface area contributed by atoms with Crippen molar-refractivity contribution in [3.63, 3.8) is 0 Å². The van der Waals surface area contributed by atoms with E-state index < -0.39 is 0 Å². The van der Waals surface area contributed by atoms with E-state index in [1.54, 1.807) is 0 Å². The summed E-state index contributed by atoms with van der Waals surface area (Å²) < 4.78 is 5.49. The van der Waals surface area contributed by atoms with Crippen molar-refractivity contribution < 1.29 is 4.42 Å². The highest BCUT2D eigenvalue weighted by molar-refractivity contribution is 7.99. The molecule has 0 fully saturated rings. The minimum absolute atomic E-state index is 0.564. The highest BCUT2D eigenvalue weighted by Crippen LogP contribution is 2.07. The van der Waals surface area contributed by atoms with Gasteiger partial charge in [-0.1, -0.05) is 6.92 Å². The number of nitrogens with one attached hydrogen (secondary N) is 1. The second kappa shape index (κ2) is 6.96. The van der Waals surface area contributed by atoms with Gasteiger partial charge in [0.2, 0.25) is 0 Å². The average Bonchev–Trinajstić information content (AvgIpc) is 2.62. The van der Waals surface area contributed by atoms with Crippen LogP contribution in [0.25, 0.3) is 0 Å². The molecule has 1 heterocycles. The molecule has 0 aliphatic heterocycles. The van der Waals surface area contributed by atoms with Crippen LogP contribution in [0.15, 0.2) is 16.5 Å². The predicted molar refractivity (Wildman–Crippen MR) is 67.4 cm³/mol. The van der Waals surface area contributed by atoms with Crippen molar-refractivity contribution in [1.29, 1.82) is 0 Å². The monoisotopic (exact) mass is 227 g/mol. The first-order valence-electron chi connectivity index (χ1n) is 5.58. The number of aryl methyl sites for hydroxylation is 1. The Balaban J connectivity index is 2.13. The summed E-state index contributed by atoms with van der Waals surface area (Å²) in [5.74, 6) is 4.47. The third-order valence-electron chi connectivity index (χ3n) is 2.32. The lowest BCUT2D eigenvalue weighted by Gasteiger charge is -2.11. The lowest BCUT2D eigenvalue weighted by molar-refractivity contribution is 0.437. The zero-order chi connectivity index (χ0) is 11.1. The van der Waals surface area contributed by atoms with E-state index in [0.29, 0.717) is 6.04 Å². The maximum atomic E-state index is 5.49. The van der Waals surface area contributed by atoms with Crippen LogP contribution in [0.5, 0.6) is 0 Å². The Morgan fingerprint density at radius 3 is 2.87 bits per heavy atom. The molecule has 2 nitrogen and oxygen atoms in total. The van der Waals surface area contributed by atoms with Gasteiger partial charge in [-0.2, -0.15) is 11.8 Å². The fourth-order valence-corrected chi connectivity index (χ4v) is 2.17. The van der Waals surface area contributed by atoms with E-state index in [9.17, 15) is 0 Å². The number of rotatable bonds is 7. The molecule has 0 saturated heterocycles. The van der Waals surface area contributed by atoms with Gasteiger partial charge in [0.1, 0.15) is 11.5 Å². The van der Waals surface area contributed by atoms with Crippen molar-refractivity contribution in [1.82, 2.24) is 5.32 Å². The highest BCUT2D eigenvalue weighted by Gasteiger charge is 2.03. The van der Waals surface area contributed by atoms with Crippen molar-refractivity contribution in [2.75, 3.05) is 11.5 Å². The number of hydrogen-bond acceptors (Lipinski definition) is 3. The first-order valence-corrected chi connectivity index (χ1v) is 6.74. The van der Waals surface area contributed by atoms with Crippen LogP contribution in [0, 0.1) is 6.92 Å². The third kappa shape index (κ3) is 5.28. The van der Waals surface area contributed by atoms with Gasteiger partial charge in [0.05, 0.1) is 6.54 Å². The van der Waals surface area contributed by atoms with Gasteiger partial charge in [-0.05, 0) is 43.9 Å². The van der Waals surface area contributed by atoms with Crippen molar-refractivity contribution in [3.8, 4) is 0 Å². The van der Waals surface area contributed by atoms with E-state index in [2.05, 4.69) is 19.2 Å². The molecule has 0 aliphatic carbocycles. The summed E-state index contributed by atoms with van der Waals surface area (Å²) in [6, 6.07) is 4.61. The zero-order valence-corrected chi connectivity index (χ0v) is 10.7. The molecule has 1 N–H and O–H groups in total. The molecule has 0 amide bonds. The zero-order valence-electron chi connectivity index (χ0n) is 9.88. The van der Waals surface area contributed by atoms with Crippen LogP contribution < -0.4 is 5.32 Å². The molecular weight excluding hydrogens is 206 g/mol. The van der Waals surface area contributed by atoms with E-state index in [0.717, 1.165) is 18.1 Å². The molecule has 1 unspecified atom stereocenters. The van der Waals surface area contributed by atoms with Gasteiger partial charge in [-0.3, -0.25) is 0 Å². The SMILES string of the molecule is CCSCCC(C)NCc1ccc(C)o1. The Labute approximate surface area is 96.8 Å². The number of furan rings is 1. The van der Waals surface area contributed by atoms with Crippen molar-refractivity contribution in [2.45, 2.75) is 39.8 Å². The van der Waals surface area contributed by atoms with E-state index in [1.807, 2.05) is 30.8 Å². The summed E-state index contributed by atoms with van der Waals surface area (Å²) in [4.78, 5) is 0. The van der Waals surface area contributed by atoms with E-state index in [-0.39, 0.29) is 0 Å². The third-order valence-corrected chi connectivity index (χ3v) is 3.25. The lowest BCUT2D eigenvalue weighted by Crippen LogP contribution is -2.25. The summed E-state index contributed by atoms with van der Waals surface area (Å²) >= 11 is 2.00. The Bertz CT molecular complexity index is 272. The second-order valence-electron chi connectivity index (χ2n) is 3.78. The smallest absolute Gasteiger partial charge is 0.117 e. The summed E-state index contributed by atoms with van der Waals surface area (Å²) in [7, 11) is 0. The van der Waals surface area contributed by atoms with Crippen LogP contribution in [-0.2, 0) is 6.54 Å². The maximum Gasteiger partial charge on any atom is 0.117 e. The summed E-state index contributed by atoms with van der Waals surface area (Å²) in [5, 5.41) is 3.46. The van der Waals surface area contributed by atoms with Gasteiger partial charge in [-0.25, -0.2) is 0 Å². The van der Waals surface area contributed by atoms with Gasteiger partial charge in [-0.15, -0.1) is 0 Å². The van der Waals surface area contributed by atoms with Crippen LogP contribution in [0.4, 0.5) is 0 Å². The van der Waals surface area contributed by atoms with E-state index in [1.165, 1.54) is 17.9 Å². The number of thioether (sulfide) groups is 1. The Hall–Kier alpha value is -0.410. The first-order chi connectivity index (χ1) is 7.22. The number of hydrogen-bond donors (Lipinski definition) is 1. The van der Waals surface area contributed by atoms with E-state index in [4.69, 9.17) is 4.42 Å². The molecule has 0 bridgehead atoms. The van der Waals surface area contributed by atoms with Gasteiger partial charge in [0, 0.05) is 6.04 Å². The Morgan fingerprint density at radius 2 is 2.27 bits per heavy atom. The molecule has 15 heavy (non-hydrogen) atoms. The quantitative estimate of drug-likeness (QED) is 0.724. The molecule has 0 saturated carbocycles. The molecule has 0 aromatic carbocycles. The lowest BCUT2D eigenvalue weighted by atomic mass is 10.2. The summed E-state index contributed by atoms with van der Waals surface area (Å²) in [6.45, 7) is 7.25. The Kier molecular flexibility index (Phi) is 5.88. The van der Waals surface area contributed by atoms with Crippen molar-refractivity contribution in [3.05, 3.63) is 23.7 Å². The van der Waals surface area contributed by atoms with Gasteiger partial charge < -0.3 is 9.73 Å². The Morgan fingerprint density at radius 1 is 1.47 bits per heavy atom. The first kappa shape index (κ1) is 12.7. The van der Waals surface area contributed by atoms with Crippen LogP contribution in [0.2, 0.25) is 0 Å². The van der Waals surface area contributed by atoms with Gasteiger partial charge in [0.25, 0.3) is 0 Å². The molecule has 0 aliphatic rings. The van der Waals surface area contributed by atoms with Crippen molar-refractivity contribution in [2.24, 2.45) is 0 Å². The molecular formula is C12H21NOS. The summed E-state index contributed by atoms with van der Waals surface area (Å²) in [6.07, 6.45) is 1.22. The predicted octanol–water partition coefficient (Wildman–Crippen LogP) is 3.21. The normalized spacial score (nSPS) is 13.0. The van der Waals surface area contributed by atoms with Gasteiger partial charge in [0.15, 0.2) is 0 Å². The molecule has 0 spiro atoms. The topological polar surface area (TPSA) is 25.2 Å². The van der Waals surface area contributed by atoms with Crippen LogP contribution >= 0.6 is 11.8 Å². The van der Waals surface area contributed by atoms with Crippen LogP contribution in [-0.4, -0.2) is 17.5 Å². The van der Waals surface area contributed by atoms with Crippen LogP contribution in [0.3, 0.4) is 0 Å². The second-order valence-corrected chi connectivity index (χ2v) is 5.17. The maximum absolute atomic E-state index is 5.49. The molecule has 3 heteroatoms. The van der Waals surface area contributed by atoms with Crippen molar-refractivity contribution >= 4 is 11.8 Å². The largest absolute Gasteiger partial charge is 0.465 e.